The number of carbonyl (C=O) groups excluding carboxylic acids is 1. The highest BCUT2D eigenvalue weighted by Gasteiger charge is 2.30. The zero-order chi connectivity index (χ0) is 13.8. The molecule has 0 saturated carbocycles. The fourth-order valence-electron chi connectivity index (χ4n) is 2.28. The molecule has 1 aromatic rings. The van der Waals surface area contributed by atoms with E-state index in [0.29, 0.717) is 24.7 Å². The number of ether oxygens (including phenoxy) is 1. The zero-order valence-corrected chi connectivity index (χ0v) is 12.0. The van der Waals surface area contributed by atoms with Crippen LogP contribution < -0.4 is 5.32 Å². The summed E-state index contributed by atoms with van der Waals surface area (Å²) in [4.78, 5) is 13.9. The molecule has 1 saturated heterocycles. The maximum absolute atomic E-state index is 12.0. The number of nitrogens with zero attached hydrogens (tertiary/aromatic N) is 1. The lowest BCUT2D eigenvalue weighted by Crippen LogP contribution is -2.50. The smallest absolute Gasteiger partial charge is 0.236 e. The third kappa shape index (κ3) is 3.26. The van der Waals surface area contributed by atoms with Crippen LogP contribution in [0.25, 0.3) is 0 Å². The number of hydrogen-bond acceptors (Lipinski definition) is 3. The molecule has 0 bridgehead atoms. The molecule has 1 aliphatic rings. The van der Waals surface area contributed by atoms with E-state index in [0.717, 1.165) is 5.56 Å². The van der Waals surface area contributed by atoms with Crippen LogP contribution in [0.1, 0.15) is 18.6 Å². The van der Waals surface area contributed by atoms with E-state index in [-0.39, 0.29) is 18.1 Å². The average molecular weight is 283 g/mol. The first-order valence-corrected chi connectivity index (χ1v) is 6.81. The summed E-state index contributed by atoms with van der Waals surface area (Å²) in [6, 6.07) is 7.71. The third-order valence-electron chi connectivity index (χ3n) is 3.33. The fourth-order valence-corrected chi connectivity index (χ4v) is 2.54. The molecular formula is C14H19ClN2O2. The minimum atomic E-state index is -0.147. The van der Waals surface area contributed by atoms with Gasteiger partial charge in [0.15, 0.2) is 0 Å². The van der Waals surface area contributed by atoms with Crippen molar-refractivity contribution in [2.75, 3.05) is 26.7 Å². The summed E-state index contributed by atoms with van der Waals surface area (Å²) in [7, 11) is 1.77. The van der Waals surface area contributed by atoms with Crippen molar-refractivity contribution in [2.24, 2.45) is 0 Å². The van der Waals surface area contributed by atoms with Crippen molar-refractivity contribution >= 4 is 17.5 Å². The Morgan fingerprint density at radius 1 is 1.53 bits per heavy atom. The van der Waals surface area contributed by atoms with E-state index >= 15 is 0 Å². The number of morpholine rings is 1. The Morgan fingerprint density at radius 2 is 2.26 bits per heavy atom. The summed E-state index contributed by atoms with van der Waals surface area (Å²) < 4.78 is 5.82. The quantitative estimate of drug-likeness (QED) is 0.920. The van der Waals surface area contributed by atoms with Gasteiger partial charge in [-0.25, -0.2) is 0 Å². The van der Waals surface area contributed by atoms with Crippen LogP contribution in [0, 0.1) is 0 Å². The van der Waals surface area contributed by atoms with Crippen LogP contribution >= 0.6 is 11.6 Å². The van der Waals surface area contributed by atoms with Gasteiger partial charge < -0.3 is 15.0 Å². The van der Waals surface area contributed by atoms with Gasteiger partial charge in [-0.1, -0.05) is 29.8 Å². The predicted molar refractivity (Wildman–Crippen MR) is 75.2 cm³/mol. The topological polar surface area (TPSA) is 41.6 Å². The van der Waals surface area contributed by atoms with Gasteiger partial charge in [0.2, 0.25) is 5.91 Å². The Kier molecular flexibility index (Phi) is 4.80. The molecule has 1 heterocycles. The molecule has 0 spiro atoms. The normalized spacial score (nSPS) is 23.4. The molecule has 1 aliphatic heterocycles. The molecule has 1 N–H and O–H groups in total. The molecule has 0 aliphatic carbocycles. The summed E-state index contributed by atoms with van der Waals surface area (Å²) in [6.45, 7) is 3.42. The van der Waals surface area contributed by atoms with Gasteiger partial charge in [0.1, 0.15) is 6.10 Å². The molecule has 0 radical (unpaired) electrons. The van der Waals surface area contributed by atoms with E-state index in [1.165, 1.54) is 0 Å². The van der Waals surface area contributed by atoms with E-state index in [2.05, 4.69) is 5.32 Å². The number of nitrogens with one attached hydrogen (secondary N) is 1. The van der Waals surface area contributed by atoms with Crippen molar-refractivity contribution in [1.29, 1.82) is 0 Å². The largest absolute Gasteiger partial charge is 0.369 e. The Morgan fingerprint density at radius 3 is 2.95 bits per heavy atom. The van der Waals surface area contributed by atoms with Gasteiger partial charge in [0.25, 0.3) is 0 Å². The summed E-state index contributed by atoms with van der Waals surface area (Å²) in [5.41, 5.74) is 0.943. The maximum atomic E-state index is 12.0. The van der Waals surface area contributed by atoms with Gasteiger partial charge in [0, 0.05) is 10.6 Å². The van der Waals surface area contributed by atoms with E-state index < -0.39 is 0 Å². The average Bonchev–Trinajstić information content (AvgIpc) is 2.40. The van der Waals surface area contributed by atoms with Crippen LogP contribution in [-0.2, 0) is 9.53 Å². The summed E-state index contributed by atoms with van der Waals surface area (Å²) >= 11 is 6.19. The van der Waals surface area contributed by atoms with Crippen LogP contribution in [0.2, 0.25) is 5.02 Å². The van der Waals surface area contributed by atoms with Gasteiger partial charge in [-0.3, -0.25) is 4.79 Å². The number of rotatable bonds is 3. The van der Waals surface area contributed by atoms with E-state index in [9.17, 15) is 4.79 Å². The maximum Gasteiger partial charge on any atom is 0.236 e. The Balaban J connectivity index is 2.13. The number of hydrogen-bond donors (Lipinski definition) is 1. The van der Waals surface area contributed by atoms with E-state index in [1.807, 2.05) is 36.1 Å². The third-order valence-corrected chi connectivity index (χ3v) is 3.68. The molecule has 0 unspecified atom stereocenters. The molecular weight excluding hydrogens is 264 g/mol. The highest BCUT2D eigenvalue weighted by Crippen LogP contribution is 2.29. The molecule has 1 aromatic carbocycles. The van der Waals surface area contributed by atoms with Crippen molar-refractivity contribution in [3.8, 4) is 0 Å². The molecule has 1 fully saturated rings. The minimum Gasteiger partial charge on any atom is -0.369 e. The molecule has 4 nitrogen and oxygen atoms in total. The van der Waals surface area contributed by atoms with Gasteiger partial charge in [0.05, 0.1) is 25.7 Å². The van der Waals surface area contributed by atoms with Crippen molar-refractivity contribution < 1.29 is 9.53 Å². The van der Waals surface area contributed by atoms with Crippen molar-refractivity contribution in [2.45, 2.75) is 19.1 Å². The number of benzene rings is 1. The summed E-state index contributed by atoms with van der Waals surface area (Å²) in [5.74, 6) is 0.0929. The lowest BCUT2D eigenvalue weighted by atomic mass is 10.1. The lowest BCUT2D eigenvalue weighted by Gasteiger charge is -2.38. The highest BCUT2D eigenvalue weighted by molar-refractivity contribution is 6.31. The molecule has 0 aromatic heterocycles. The number of carbonyl (C=O) groups is 1. The highest BCUT2D eigenvalue weighted by atomic mass is 35.5. The summed E-state index contributed by atoms with van der Waals surface area (Å²) in [5, 5.41) is 3.58. The van der Waals surface area contributed by atoms with Crippen LogP contribution in [0.3, 0.4) is 0 Å². The Bertz CT molecular complexity index is 453. The second-order valence-corrected chi connectivity index (χ2v) is 5.18. The Labute approximate surface area is 118 Å². The first kappa shape index (κ1) is 14.3. The lowest BCUT2D eigenvalue weighted by molar-refractivity contribution is -0.143. The SMILES string of the molecule is CNCC(=O)N1C[C@H](c2ccccc2Cl)OC[C@@H]1C. The van der Waals surface area contributed by atoms with Crippen LogP contribution in [0.15, 0.2) is 24.3 Å². The molecule has 5 heteroatoms. The zero-order valence-electron chi connectivity index (χ0n) is 11.2. The monoisotopic (exact) mass is 282 g/mol. The molecule has 19 heavy (non-hydrogen) atoms. The number of halogens is 1. The first-order valence-electron chi connectivity index (χ1n) is 6.43. The van der Waals surface area contributed by atoms with Gasteiger partial charge in [-0.05, 0) is 20.0 Å². The first-order chi connectivity index (χ1) is 9.13. The number of amides is 1. The van der Waals surface area contributed by atoms with Crippen LogP contribution in [0.5, 0.6) is 0 Å². The minimum absolute atomic E-state index is 0.0929. The van der Waals surface area contributed by atoms with Crippen molar-refractivity contribution in [1.82, 2.24) is 10.2 Å². The second kappa shape index (κ2) is 6.37. The van der Waals surface area contributed by atoms with Gasteiger partial charge in [-0.15, -0.1) is 0 Å². The van der Waals surface area contributed by atoms with E-state index in [1.54, 1.807) is 7.05 Å². The van der Waals surface area contributed by atoms with Crippen molar-refractivity contribution in [3.05, 3.63) is 34.9 Å². The fraction of sp³-hybridized carbons (Fsp3) is 0.500. The Hall–Kier alpha value is -1.10. The molecule has 2 atom stereocenters. The number of likely N-dealkylation sites (N-methyl/N-ethyl adjacent to an activating group) is 1. The molecule has 1 amide bonds. The summed E-state index contributed by atoms with van der Waals surface area (Å²) in [6.07, 6.45) is -0.147. The van der Waals surface area contributed by atoms with Crippen LogP contribution in [0.4, 0.5) is 0 Å². The standard InChI is InChI=1S/C14H19ClN2O2/c1-10-9-19-13(8-17(10)14(18)7-16-2)11-5-3-4-6-12(11)15/h3-6,10,13,16H,7-9H2,1-2H3/t10-,13+/m0/s1. The molecule has 104 valence electrons. The van der Waals surface area contributed by atoms with Gasteiger partial charge >= 0.3 is 0 Å². The van der Waals surface area contributed by atoms with Crippen LogP contribution in [-0.4, -0.2) is 43.6 Å². The van der Waals surface area contributed by atoms with E-state index in [4.69, 9.17) is 16.3 Å². The van der Waals surface area contributed by atoms with Gasteiger partial charge in [-0.2, -0.15) is 0 Å². The van der Waals surface area contributed by atoms with Crippen molar-refractivity contribution in [3.63, 3.8) is 0 Å². The second-order valence-electron chi connectivity index (χ2n) is 4.77. The molecule has 2 rings (SSSR count). The predicted octanol–water partition coefficient (Wildman–Crippen LogP) is 1.85.